The summed E-state index contributed by atoms with van der Waals surface area (Å²) >= 11 is 0. The second-order valence-electron chi connectivity index (χ2n) is 2.82. The van der Waals surface area contributed by atoms with E-state index in [1.54, 1.807) is 18.6 Å². The Balaban J connectivity index is 1.96. The van der Waals surface area contributed by atoms with Crippen LogP contribution in [0.2, 0.25) is 0 Å². The van der Waals surface area contributed by atoms with Crippen molar-refractivity contribution in [1.29, 1.82) is 0 Å². The van der Waals surface area contributed by atoms with Crippen LogP contribution in [0.1, 0.15) is 5.56 Å². The van der Waals surface area contributed by atoms with Gasteiger partial charge in [-0.1, -0.05) is 0 Å². The number of nitrogens with one attached hydrogen (secondary N) is 1. The molecule has 0 amide bonds. The minimum Gasteiger partial charge on any atom is -0.365 e. The van der Waals surface area contributed by atoms with Crippen LogP contribution < -0.4 is 5.32 Å². The molecule has 0 saturated heterocycles. The summed E-state index contributed by atoms with van der Waals surface area (Å²) in [6.45, 7) is 0.737. The predicted molar refractivity (Wildman–Crippen MR) is 53.6 cm³/mol. The topological polar surface area (TPSA) is 50.7 Å². The number of pyridine rings is 1. The quantitative estimate of drug-likeness (QED) is 0.788. The van der Waals surface area contributed by atoms with Crippen LogP contribution in [-0.2, 0) is 6.54 Å². The minimum absolute atomic E-state index is 0.737. The molecule has 0 aliphatic heterocycles. The summed E-state index contributed by atoms with van der Waals surface area (Å²) in [5.74, 6) is 0.782. The summed E-state index contributed by atoms with van der Waals surface area (Å²) in [5.41, 5.74) is 1.17. The van der Waals surface area contributed by atoms with Gasteiger partial charge in [-0.2, -0.15) is 5.10 Å². The highest BCUT2D eigenvalue weighted by Crippen LogP contribution is 2.02. The van der Waals surface area contributed by atoms with Crippen LogP contribution in [0, 0.1) is 0 Å². The third-order valence-corrected chi connectivity index (χ3v) is 1.80. The Hall–Kier alpha value is -1.97. The van der Waals surface area contributed by atoms with Crippen molar-refractivity contribution in [3.05, 3.63) is 48.4 Å². The lowest BCUT2D eigenvalue weighted by molar-refractivity contribution is 0.998. The van der Waals surface area contributed by atoms with Gasteiger partial charge in [0.05, 0.1) is 0 Å². The molecule has 0 radical (unpaired) electrons. The van der Waals surface area contributed by atoms with Crippen molar-refractivity contribution >= 4 is 5.82 Å². The number of rotatable bonds is 3. The van der Waals surface area contributed by atoms with Gasteiger partial charge in [0.15, 0.2) is 0 Å². The normalized spacial score (nSPS) is 9.71. The zero-order valence-corrected chi connectivity index (χ0v) is 7.59. The molecule has 0 fully saturated rings. The molecular formula is C10H10N4. The van der Waals surface area contributed by atoms with Gasteiger partial charge in [0.2, 0.25) is 0 Å². The predicted octanol–water partition coefficient (Wildman–Crippen LogP) is 1.48. The lowest BCUT2D eigenvalue weighted by Crippen LogP contribution is -2.01. The van der Waals surface area contributed by atoms with Gasteiger partial charge in [-0.25, -0.2) is 0 Å². The van der Waals surface area contributed by atoms with Crippen molar-refractivity contribution in [3.63, 3.8) is 0 Å². The molecule has 0 unspecified atom stereocenters. The number of nitrogens with zero attached hydrogens (tertiary/aromatic N) is 3. The fraction of sp³-hybridized carbons (Fsp3) is 0.100. The summed E-state index contributed by atoms with van der Waals surface area (Å²) in [4.78, 5) is 3.94. The Bertz CT molecular complexity index is 334. The van der Waals surface area contributed by atoms with E-state index in [1.807, 2.05) is 24.3 Å². The first kappa shape index (κ1) is 8.62. The lowest BCUT2D eigenvalue weighted by Gasteiger charge is -2.03. The summed E-state index contributed by atoms with van der Waals surface area (Å²) in [6.07, 6.45) is 5.19. The number of hydrogen-bond acceptors (Lipinski definition) is 4. The largest absolute Gasteiger partial charge is 0.365 e. The van der Waals surface area contributed by atoms with E-state index in [9.17, 15) is 0 Å². The Labute approximate surface area is 82.0 Å². The van der Waals surface area contributed by atoms with Gasteiger partial charge in [-0.05, 0) is 29.8 Å². The van der Waals surface area contributed by atoms with Crippen molar-refractivity contribution < 1.29 is 0 Å². The van der Waals surface area contributed by atoms with E-state index in [-0.39, 0.29) is 0 Å². The fourth-order valence-electron chi connectivity index (χ4n) is 1.09. The molecular weight excluding hydrogens is 176 g/mol. The minimum atomic E-state index is 0.737. The Morgan fingerprint density at radius 3 is 2.64 bits per heavy atom. The van der Waals surface area contributed by atoms with E-state index in [0.717, 1.165) is 12.4 Å². The average molecular weight is 186 g/mol. The summed E-state index contributed by atoms with van der Waals surface area (Å²) in [6, 6.07) is 7.66. The molecule has 0 bridgehead atoms. The molecule has 2 heterocycles. The molecule has 2 aromatic rings. The van der Waals surface area contributed by atoms with Crippen LogP contribution in [0.3, 0.4) is 0 Å². The van der Waals surface area contributed by atoms with Gasteiger partial charge in [0, 0.05) is 25.1 Å². The second kappa shape index (κ2) is 4.32. The first-order chi connectivity index (χ1) is 6.95. The molecule has 14 heavy (non-hydrogen) atoms. The molecule has 70 valence electrons. The Kier molecular flexibility index (Phi) is 2.66. The van der Waals surface area contributed by atoms with Crippen LogP contribution in [0.25, 0.3) is 0 Å². The summed E-state index contributed by atoms with van der Waals surface area (Å²) in [5, 5.41) is 10.8. The first-order valence-corrected chi connectivity index (χ1v) is 4.35. The Morgan fingerprint density at radius 2 is 1.93 bits per heavy atom. The van der Waals surface area contributed by atoms with E-state index < -0.39 is 0 Å². The highest BCUT2D eigenvalue weighted by atomic mass is 15.2. The van der Waals surface area contributed by atoms with Crippen LogP contribution in [0.5, 0.6) is 0 Å². The van der Waals surface area contributed by atoms with Crippen molar-refractivity contribution in [2.75, 3.05) is 5.32 Å². The van der Waals surface area contributed by atoms with E-state index in [4.69, 9.17) is 0 Å². The maximum Gasteiger partial charge on any atom is 0.148 e. The summed E-state index contributed by atoms with van der Waals surface area (Å²) < 4.78 is 0. The van der Waals surface area contributed by atoms with Crippen molar-refractivity contribution in [2.24, 2.45) is 0 Å². The average Bonchev–Trinajstić information content (AvgIpc) is 2.29. The third-order valence-electron chi connectivity index (χ3n) is 1.80. The van der Waals surface area contributed by atoms with Gasteiger partial charge in [-0.15, -0.1) is 5.10 Å². The second-order valence-corrected chi connectivity index (χ2v) is 2.82. The van der Waals surface area contributed by atoms with Crippen LogP contribution in [-0.4, -0.2) is 15.2 Å². The van der Waals surface area contributed by atoms with Crippen molar-refractivity contribution in [3.8, 4) is 0 Å². The highest BCUT2D eigenvalue weighted by Gasteiger charge is 1.93. The highest BCUT2D eigenvalue weighted by molar-refractivity contribution is 5.32. The zero-order valence-electron chi connectivity index (χ0n) is 7.59. The molecule has 0 aliphatic rings. The maximum absolute atomic E-state index is 3.94. The molecule has 0 saturated carbocycles. The van der Waals surface area contributed by atoms with E-state index in [2.05, 4.69) is 20.5 Å². The van der Waals surface area contributed by atoms with E-state index in [1.165, 1.54) is 5.56 Å². The number of anilines is 1. The van der Waals surface area contributed by atoms with E-state index >= 15 is 0 Å². The number of hydrogen-bond donors (Lipinski definition) is 1. The molecule has 2 aromatic heterocycles. The fourth-order valence-corrected chi connectivity index (χ4v) is 1.09. The van der Waals surface area contributed by atoms with Crippen LogP contribution >= 0.6 is 0 Å². The summed E-state index contributed by atoms with van der Waals surface area (Å²) in [7, 11) is 0. The van der Waals surface area contributed by atoms with Crippen LogP contribution in [0.4, 0.5) is 5.82 Å². The van der Waals surface area contributed by atoms with Crippen LogP contribution in [0.15, 0.2) is 42.9 Å². The molecule has 0 aliphatic carbocycles. The van der Waals surface area contributed by atoms with Crippen molar-refractivity contribution in [1.82, 2.24) is 15.2 Å². The SMILES string of the molecule is c1cnnc(NCc2ccncc2)c1. The monoisotopic (exact) mass is 186 g/mol. The molecule has 2 rings (SSSR count). The van der Waals surface area contributed by atoms with E-state index in [0.29, 0.717) is 0 Å². The molecule has 0 atom stereocenters. The third kappa shape index (κ3) is 2.26. The van der Waals surface area contributed by atoms with Gasteiger partial charge >= 0.3 is 0 Å². The smallest absolute Gasteiger partial charge is 0.148 e. The van der Waals surface area contributed by atoms with Gasteiger partial charge in [0.1, 0.15) is 5.82 Å². The molecule has 0 spiro atoms. The Morgan fingerprint density at radius 1 is 1.07 bits per heavy atom. The van der Waals surface area contributed by atoms with Gasteiger partial charge < -0.3 is 5.32 Å². The zero-order chi connectivity index (χ0) is 9.64. The lowest BCUT2D eigenvalue weighted by atomic mass is 10.3. The molecule has 1 N–H and O–H groups in total. The first-order valence-electron chi connectivity index (χ1n) is 4.35. The number of aromatic nitrogens is 3. The standard InChI is InChI=1S/C10H10N4/c1-2-10(14-13-5-1)12-8-9-3-6-11-7-4-9/h1-7H,8H2,(H,12,14). The van der Waals surface area contributed by atoms with Gasteiger partial charge in [0.25, 0.3) is 0 Å². The molecule has 4 heteroatoms. The maximum atomic E-state index is 3.94. The molecule has 4 nitrogen and oxygen atoms in total. The van der Waals surface area contributed by atoms with Crippen molar-refractivity contribution in [2.45, 2.75) is 6.54 Å². The molecule has 0 aromatic carbocycles. The van der Waals surface area contributed by atoms with Gasteiger partial charge in [-0.3, -0.25) is 4.98 Å².